The average Bonchev–Trinajstić information content (AvgIpc) is 2.33. The number of hydrogen-bond donors (Lipinski definition) is 0. The summed E-state index contributed by atoms with van der Waals surface area (Å²) in [4.78, 5) is 11.1. The first kappa shape index (κ1) is 7.59. The third-order valence-corrected chi connectivity index (χ3v) is 2.41. The van der Waals surface area contributed by atoms with Gasteiger partial charge >= 0.3 is 5.97 Å². The molecule has 0 aromatic carbocycles. The third-order valence-electron chi connectivity index (χ3n) is 2.41. The molecule has 2 nitrogen and oxygen atoms in total. The van der Waals surface area contributed by atoms with Crippen molar-refractivity contribution in [3.8, 4) is 0 Å². The van der Waals surface area contributed by atoms with E-state index in [1.807, 2.05) is 13.0 Å². The molecule has 12 heavy (non-hydrogen) atoms. The molecule has 0 aromatic rings. The van der Waals surface area contributed by atoms with E-state index in [2.05, 4.69) is 13.8 Å². The largest absolute Gasteiger partial charge is 0.423 e. The zero-order valence-electron chi connectivity index (χ0n) is 7.60. The van der Waals surface area contributed by atoms with Crippen molar-refractivity contribution < 1.29 is 9.53 Å². The highest BCUT2D eigenvalue weighted by Gasteiger charge is 2.36. The Kier molecular flexibility index (Phi) is 1.27. The fourth-order valence-corrected chi connectivity index (χ4v) is 1.74. The lowest BCUT2D eigenvalue weighted by Crippen LogP contribution is -2.04. The van der Waals surface area contributed by atoms with E-state index in [0.717, 1.165) is 23.3 Å². The highest BCUT2D eigenvalue weighted by atomic mass is 16.5. The summed E-state index contributed by atoms with van der Waals surface area (Å²) >= 11 is 0. The summed E-state index contributed by atoms with van der Waals surface area (Å²) in [5.74, 6) is 0.620. The van der Waals surface area contributed by atoms with E-state index in [1.165, 1.54) is 0 Å². The Bertz CT molecular complexity index is 319. The van der Waals surface area contributed by atoms with Gasteiger partial charge in [0.15, 0.2) is 0 Å². The fraction of sp³-hybridized carbons (Fsp3) is 0.500. The minimum absolute atomic E-state index is 0.159. The SMILES string of the molecule is CC1=C2CC(C)(C)C=C2OC1=O. The number of esters is 1. The van der Waals surface area contributed by atoms with E-state index >= 15 is 0 Å². The van der Waals surface area contributed by atoms with Crippen molar-refractivity contribution in [2.45, 2.75) is 27.2 Å². The van der Waals surface area contributed by atoms with Gasteiger partial charge in [-0.3, -0.25) is 0 Å². The van der Waals surface area contributed by atoms with Crippen LogP contribution in [0.5, 0.6) is 0 Å². The topological polar surface area (TPSA) is 26.3 Å². The van der Waals surface area contributed by atoms with Crippen LogP contribution in [-0.2, 0) is 9.53 Å². The van der Waals surface area contributed by atoms with Crippen LogP contribution in [0.1, 0.15) is 27.2 Å². The Morgan fingerprint density at radius 3 is 2.75 bits per heavy atom. The highest BCUT2D eigenvalue weighted by Crippen LogP contribution is 2.44. The second kappa shape index (κ2) is 2.00. The zero-order valence-corrected chi connectivity index (χ0v) is 7.60. The van der Waals surface area contributed by atoms with Crippen molar-refractivity contribution in [3.05, 3.63) is 23.0 Å². The Hall–Kier alpha value is -1.05. The van der Waals surface area contributed by atoms with Crippen molar-refractivity contribution in [1.29, 1.82) is 0 Å². The molecular weight excluding hydrogens is 152 g/mol. The van der Waals surface area contributed by atoms with E-state index in [1.54, 1.807) is 0 Å². The minimum atomic E-state index is -0.174. The molecule has 0 saturated heterocycles. The first-order chi connectivity index (χ1) is 5.49. The normalized spacial score (nSPS) is 25.6. The van der Waals surface area contributed by atoms with Crippen LogP contribution in [0.2, 0.25) is 0 Å². The van der Waals surface area contributed by atoms with Crippen LogP contribution in [0.15, 0.2) is 23.0 Å². The number of ether oxygens (including phenoxy) is 1. The maximum atomic E-state index is 11.1. The molecule has 1 aliphatic carbocycles. The molecular formula is C10H12O2. The standard InChI is InChI=1S/C10H12O2/c1-6-7-4-10(2,3)5-8(7)12-9(6)11/h5H,4H2,1-3H3. The smallest absolute Gasteiger partial charge is 0.339 e. The molecule has 0 atom stereocenters. The van der Waals surface area contributed by atoms with Crippen molar-refractivity contribution in [2.24, 2.45) is 5.41 Å². The Labute approximate surface area is 71.9 Å². The molecule has 0 radical (unpaired) electrons. The second-order valence-corrected chi connectivity index (χ2v) is 4.17. The third kappa shape index (κ3) is 0.909. The lowest BCUT2D eigenvalue weighted by molar-refractivity contribution is -0.133. The van der Waals surface area contributed by atoms with Gasteiger partial charge in [-0.05, 0) is 24.8 Å². The van der Waals surface area contributed by atoms with Crippen molar-refractivity contribution in [1.82, 2.24) is 0 Å². The highest BCUT2D eigenvalue weighted by molar-refractivity contribution is 5.94. The summed E-state index contributed by atoms with van der Waals surface area (Å²) in [5, 5.41) is 0. The molecule has 0 fully saturated rings. The van der Waals surface area contributed by atoms with Gasteiger partial charge in [0.25, 0.3) is 0 Å². The molecule has 64 valence electrons. The van der Waals surface area contributed by atoms with Gasteiger partial charge in [-0.1, -0.05) is 13.8 Å². The molecule has 0 N–H and O–H groups in total. The van der Waals surface area contributed by atoms with Crippen molar-refractivity contribution in [3.63, 3.8) is 0 Å². The summed E-state index contributed by atoms with van der Waals surface area (Å²) in [6.07, 6.45) is 2.97. The van der Waals surface area contributed by atoms with Crippen LogP contribution >= 0.6 is 0 Å². The first-order valence-corrected chi connectivity index (χ1v) is 4.15. The van der Waals surface area contributed by atoms with Gasteiger partial charge in [0.2, 0.25) is 0 Å². The molecule has 1 aliphatic heterocycles. The molecule has 0 aromatic heterocycles. The number of rotatable bonds is 0. The summed E-state index contributed by atoms with van der Waals surface area (Å²) in [6, 6.07) is 0. The molecule has 0 bridgehead atoms. The van der Waals surface area contributed by atoms with Crippen molar-refractivity contribution >= 4 is 5.97 Å². The monoisotopic (exact) mass is 164 g/mol. The van der Waals surface area contributed by atoms with Crippen LogP contribution in [0, 0.1) is 5.41 Å². The van der Waals surface area contributed by atoms with Crippen LogP contribution in [-0.4, -0.2) is 5.97 Å². The summed E-state index contributed by atoms with van der Waals surface area (Å²) in [7, 11) is 0. The van der Waals surface area contributed by atoms with Crippen molar-refractivity contribution in [2.75, 3.05) is 0 Å². The predicted octanol–water partition coefficient (Wildman–Crippen LogP) is 2.17. The molecule has 2 rings (SSSR count). The van der Waals surface area contributed by atoms with Gasteiger partial charge in [-0.15, -0.1) is 0 Å². The molecule has 1 heterocycles. The average molecular weight is 164 g/mol. The molecule has 2 aliphatic rings. The second-order valence-electron chi connectivity index (χ2n) is 4.17. The van der Waals surface area contributed by atoms with Crippen LogP contribution in [0.25, 0.3) is 0 Å². The lowest BCUT2D eigenvalue weighted by Gasteiger charge is -2.12. The van der Waals surface area contributed by atoms with E-state index in [-0.39, 0.29) is 11.4 Å². The number of fused-ring (bicyclic) bond motifs is 1. The van der Waals surface area contributed by atoms with Gasteiger partial charge < -0.3 is 4.74 Å². The van der Waals surface area contributed by atoms with Crippen LogP contribution in [0.4, 0.5) is 0 Å². The van der Waals surface area contributed by atoms with Crippen LogP contribution in [0.3, 0.4) is 0 Å². The number of carbonyl (C=O) groups excluding carboxylic acids is 1. The molecule has 2 heteroatoms. The van der Waals surface area contributed by atoms with Gasteiger partial charge in [0, 0.05) is 11.1 Å². The Morgan fingerprint density at radius 1 is 1.50 bits per heavy atom. The summed E-state index contributed by atoms with van der Waals surface area (Å²) in [6.45, 7) is 6.12. The van der Waals surface area contributed by atoms with E-state index in [4.69, 9.17) is 4.74 Å². The van der Waals surface area contributed by atoms with Gasteiger partial charge in [0.05, 0.1) is 0 Å². The maximum Gasteiger partial charge on any atom is 0.339 e. The Balaban J connectivity index is 2.45. The van der Waals surface area contributed by atoms with Gasteiger partial charge in [-0.25, -0.2) is 4.79 Å². The number of hydrogen-bond acceptors (Lipinski definition) is 2. The van der Waals surface area contributed by atoms with Gasteiger partial charge in [0.1, 0.15) is 5.76 Å². The fourth-order valence-electron chi connectivity index (χ4n) is 1.74. The Morgan fingerprint density at radius 2 is 2.17 bits per heavy atom. The van der Waals surface area contributed by atoms with Gasteiger partial charge in [-0.2, -0.15) is 0 Å². The molecule has 0 unspecified atom stereocenters. The molecule has 0 amide bonds. The summed E-state index contributed by atoms with van der Waals surface area (Å²) < 4.78 is 5.08. The lowest BCUT2D eigenvalue weighted by atomic mass is 9.91. The van der Waals surface area contributed by atoms with E-state index < -0.39 is 0 Å². The zero-order chi connectivity index (χ0) is 8.93. The van der Waals surface area contributed by atoms with Crippen LogP contribution < -0.4 is 0 Å². The number of allylic oxidation sites excluding steroid dienone is 2. The quantitative estimate of drug-likeness (QED) is 0.513. The molecule has 0 spiro atoms. The van der Waals surface area contributed by atoms with E-state index in [0.29, 0.717) is 0 Å². The molecule has 0 saturated carbocycles. The maximum absolute atomic E-state index is 11.1. The predicted molar refractivity (Wildman–Crippen MR) is 45.3 cm³/mol. The van der Waals surface area contributed by atoms with E-state index in [9.17, 15) is 4.79 Å². The first-order valence-electron chi connectivity index (χ1n) is 4.15. The summed E-state index contributed by atoms with van der Waals surface area (Å²) in [5.41, 5.74) is 2.05. The minimum Gasteiger partial charge on any atom is -0.423 e. The number of carbonyl (C=O) groups is 1.